The predicted molar refractivity (Wildman–Crippen MR) is 114 cm³/mol. The average Bonchev–Trinajstić information content (AvgIpc) is 2.97. The van der Waals surface area contributed by atoms with Gasteiger partial charge in [0, 0.05) is 0 Å². The smallest absolute Gasteiger partial charge is 0.264 e. The summed E-state index contributed by atoms with van der Waals surface area (Å²) in [4.78, 5) is 0. The van der Waals surface area contributed by atoms with E-state index in [9.17, 15) is 16.8 Å². The fourth-order valence-electron chi connectivity index (χ4n) is 8.55. The summed E-state index contributed by atoms with van der Waals surface area (Å²) in [5.41, 5.74) is 0.137. The van der Waals surface area contributed by atoms with Crippen molar-refractivity contribution in [3.63, 3.8) is 0 Å². The lowest BCUT2D eigenvalue weighted by atomic mass is 9.44. The van der Waals surface area contributed by atoms with Gasteiger partial charge in [-0.05, 0) is 105 Å². The van der Waals surface area contributed by atoms with E-state index in [2.05, 4.69) is 13.8 Å². The van der Waals surface area contributed by atoms with Crippen molar-refractivity contribution in [2.75, 3.05) is 0 Å². The SMILES string of the molecule is C[C@H](OS(=O)(=O)O)[C@@H]1CC[C@@H]2[C@@H]3CC[C@@H]4C[C@H](OS(=O)(=O)O)CC[C@]4(C)[C@@H]3CC[C@@]21C. The molecule has 0 heterocycles. The van der Waals surface area contributed by atoms with Gasteiger partial charge in [0.2, 0.25) is 0 Å². The first-order valence-corrected chi connectivity index (χ1v) is 14.3. The Morgan fingerprint density at radius 2 is 1.48 bits per heavy atom. The van der Waals surface area contributed by atoms with Gasteiger partial charge in [0.15, 0.2) is 0 Å². The molecule has 0 aliphatic heterocycles. The van der Waals surface area contributed by atoms with Crippen LogP contribution in [0.15, 0.2) is 0 Å². The predicted octanol–water partition coefficient (Wildman–Crippen LogP) is 4.04. The first kappa shape index (κ1) is 23.9. The van der Waals surface area contributed by atoms with Crippen LogP contribution in [0.3, 0.4) is 0 Å². The van der Waals surface area contributed by atoms with Crippen molar-refractivity contribution in [1.29, 1.82) is 0 Å². The Kier molecular flexibility index (Phi) is 6.09. The highest BCUT2D eigenvalue weighted by Gasteiger charge is 2.61. The minimum atomic E-state index is -4.47. The fraction of sp³-hybridized carbons (Fsp3) is 1.00. The van der Waals surface area contributed by atoms with E-state index in [1.165, 1.54) is 0 Å². The van der Waals surface area contributed by atoms with Crippen LogP contribution in [0, 0.1) is 40.4 Å². The molecule has 0 unspecified atom stereocenters. The lowest BCUT2D eigenvalue weighted by Crippen LogP contribution is -2.54. The van der Waals surface area contributed by atoms with Crippen LogP contribution in [0.1, 0.15) is 78.6 Å². The van der Waals surface area contributed by atoms with Gasteiger partial charge in [-0.25, -0.2) is 8.37 Å². The maximum Gasteiger partial charge on any atom is 0.397 e. The third-order valence-corrected chi connectivity index (χ3v) is 10.9. The minimum absolute atomic E-state index is 0.000248. The second-order valence-corrected chi connectivity index (χ2v) is 13.1. The van der Waals surface area contributed by atoms with Crippen LogP contribution in [-0.4, -0.2) is 38.1 Å². The van der Waals surface area contributed by atoms with E-state index in [1.54, 1.807) is 6.92 Å². The molecule has 2 N–H and O–H groups in total. The van der Waals surface area contributed by atoms with E-state index < -0.39 is 33.0 Å². The maximum atomic E-state index is 11.3. The molecule has 0 saturated heterocycles. The van der Waals surface area contributed by atoms with Crippen LogP contribution >= 0.6 is 0 Å². The van der Waals surface area contributed by atoms with Crippen molar-refractivity contribution in [1.82, 2.24) is 0 Å². The molecular formula is C21H36O8S2. The van der Waals surface area contributed by atoms with Crippen molar-refractivity contribution in [2.45, 2.75) is 90.8 Å². The zero-order valence-corrected chi connectivity index (χ0v) is 20.2. The third-order valence-electron chi connectivity index (χ3n) is 9.79. The van der Waals surface area contributed by atoms with Crippen molar-refractivity contribution in [3.05, 3.63) is 0 Å². The Bertz CT molecular complexity index is 902. The molecule has 0 bridgehead atoms. The highest BCUT2D eigenvalue weighted by Crippen LogP contribution is 2.68. The van der Waals surface area contributed by atoms with Gasteiger partial charge in [0.1, 0.15) is 0 Å². The summed E-state index contributed by atoms with van der Waals surface area (Å²) in [6, 6.07) is 0. The molecule has 0 spiro atoms. The fourth-order valence-corrected chi connectivity index (χ4v) is 9.59. The largest absolute Gasteiger partial charge is 0.397 e. The van der Waals surface area contributed by atoms with Crippen molar-refractivity contribution in [3.8, 4) is 0 Å². The van der Waals surface area contributed by atoms with Gasteiger partial charge in [-0.3, -0.25) is 9.11 Å². The molecule has 4 fully saturated rings. The maximum absolute atomic E-state index is 11.3. The van der Waals surface area contributed by atoms with Gasteiger partial charge in [-0.1, -0.05) is 13.8 Å². The number of fused-ring (bicyclic) bond motifs is 5. The Hall–Kier alpha value is -0.260. The average molecular weight is 481 g/mol. The molecule has 0 aromatic rings. The summed E-state index contributed by atoms with van der Waals surface area (Å²) in [7, 11) is -8.89. The molecule has 4 rings (SSSR count). The van der Waals surface area contributed by atoms with Crippen molar-refractivity contribution < 1.29 is 34.3 Å². The van der Waals surface area contributed by atoms with E-state index in [4.69, 9.17) is 17.5 Å². The quantitative estimate of drug-likeness (QED) is 0.564. The number of hydrogen-bond donors (Lipinski definition) is 2. The van der Waals surface area contributed by atoms with Gasteiger partial charge in [-0.2, -0.15) is 16.8 Å². The zero-order chi connectivity index (χ0) is 22.8. The minimum Gasteiger partial charge on any atom is -0.264 e. The van der Waals surface area contributed by atoms with Crippen LogP contribution in [0.5, 0.6) is 0 Å². The highest BCUT2D eigenvalue weighted by molar-refractivity contribution is 7.81. The summed E-state index contributed by atoms with van der Waals surface area (Å²) in [5, 5.41) is 0. The molecule has 0 radical (unpaired) electrons. The van der Waals surface area contributed by atoms with Gasteiger partial charge >= 0.3 is 20.8 Å². The highest BCUT2D eigenvalue weighted by atomic mass is 32.3. The Balaban J connectivity index is 1.50. The van der Waals surface area contributed by atoms with Gasteiger partial charge in [0.25, 0.3) is 0 Å². The third kappa shape index (κ3) is 4.45. The van der Waals surface area contributed by atoms with Crippen LogP contribution in [0.25, 0.3) is 0 Å². The summed E-state index contributed by atoms with van der Waals surface area (Å²) >= 11 is 0. The summed E-state index contributed by atoms with van der Waals surface area (Å²) in [5.74, 6) is 2.13. The Morgan fingerprint density at radius 1 is 0.839 bits per heavy atom. The molecule has 4 saturated carbocycles. The molecule has 4 aliphatic rings. The zero-order valence-electron chi connectivity index (χ0n) is 18.6. The van der Waals surface area contributed by atoms with Crippen molar-refractivity contribution >= 4 is 20.8 Å². The summed E-state index contributed by atoms with van der Waals surface area (Å²) in [6.45, 7) is 6.39. The van der Waals surface area contributed by atoms with E-state index in [-0.39, 0.29) is 16.7 Å². The van der Waals surface area contributed by atoms with Crippen LogP contribution in [0.4, 0.5) is 0 Å². The van der Waals surface area contributed by atoms with Crippen LogP contribution in [-0.2, 0) is 29.2 Å². The first-order chi connectivity index (χ1) is 14.2. The van der Waals surface area contributed by atoms with E-state index >= 15 is 0 Å². The molecule has 8 nitrogen and oxygen atoms in total. The van der Waals surface area contributed by atoms with Crippen molar-refractivity contribution in [2.24, 2.45) is 40.4 Å². The normalized spacial score (nSPS) is 46.6. The molecule has 0 aromatic carbocycles. The second kappa shape index (κ2) is 7.91. The molecular weight excluding hydrogens is 444 g/mol. The van der Waals surface area contributed by atoms with Gasteiger partial charge in [0.05, 0.1) is 12.2 Å². The topological polar surface area (TPSA) is 127 Å². The van der Waals surface area contributed by atoms with Gasteiger partial charge in [-0.15, -0.1) is 0 Å². The molecule has 10 heteroatoms. The first-order valence-electron chi connectivity index (χ1n) is 11.5. The van der Waals surface area contributed by atoms with Crippen LogP contribution < -0.4 is 0 Å². The molecule has 0 aromatic heterocycles. The van der Waals surface area contributed by atoms with E-state index in [0.717, 1.165) is 44.9 Å². The number of hydrogen-bond acceptors (Lipinski definition) is 6. The van der Waals surface area contributed by atoms with E-state index in [1.807, 2.05) is 0 Å². The second-order valence-electron chi connectivity index (χ2n) is 11.0. The monoisotopic (exact) mass is 480 g/mol. The molecule has 180 valence electrons. The summed E-state index contributed by atoms with van der Waals surface area (Å²) < 4.78 is 73.0. The number of rotatable bonds is 5. The molecule has 0 amide bonds. The van der Waals surface area contributed by atoms with Crippen LogP contribution in [0.2, 0.25) is 0 Å². The Morgan fingerprint density at radius 3 is 2.13 bits per heavy atom. The van der Waals surface area contributed by atoms with Gasteiger partial charge < -0.3 is 0 Å². The molecule has 9 atom stereocenters. The molecule has 4 aliphatic carbocycles. The molecule has 31 heavy (non-hydrogen) atoms. The Labute approximate surface area is 186 Å². The summed E-state index contributed by atoms with van der Waals surface area (Å²) in [6.07, 6.45) is 7.38. The lowest BCUT2D eigenvalue weighted by molar-refractivity contribution is -0.129. The lowest BCUT2D eigenvalue weighted by Gasteiger charge is -2.61. The van der Waals surface area contributed by atoms with E-state index in [0.29, 0.717) is 36.5 Å². The standard InChI is InChI=1S/C21H36O8S2/c1-13(28-30(22,23)24)17-6-7-18-16-5-4-14-12-15(29-31(25,26)27)8-10-20(14,2)19(16)9-11-21(17,18)3/h13-19H,4-12H2,1-3H3,(H,22,23,24)(H,25,26,27)/t13-,14+,15+,16-,17-,18+,19+,20-,21+/m0/s1.